The first-order valence-corrected chi connectivity index (χ1v) is 5.38. The summed E-state index contributed by atoms with van der Waals surface area (Å²) in [6.45, 7) is 3.25. The Hall–Kier alpha value is -1.09. The van der Waals surface area contributed by atoms with Crippen molar-refractivity contribution in [2.75, 3.05) is 25.0 Å². The molecular formula is C11H15N3. The maximum absolute atomic E-state index is 4.68. The third-order valence-corrected chi connectivity index (χ3v) is 3.12. The fourth-order valence-corrected chi connectivity index (χ4v) is 2.07. The summed E-state index contributed by atoms with van der Waals surface area (Å²) in [5.41, 5.74) is 2.63. The normalized spacial score (nSPS) is 20.9. The Morgan fingerprint density at radius 2 is 2.21 bits per heavy atom. The van der Waals surface area contributed by atoms with Crippen LogP contribution in [0.2, 0.25) is 0 Å². The van der Waals surface area contributed by atoms with Gasteiger partial charge >= 0.3 is 0 Å². The van der Waals surface area contributed by atoms with Crippen molar-refractivity contribution in [2.45, 2.75) is 18.8 Å². The minimum Gasteiger partial charge on any atom is -0.370 e. The molecule has 0 atom stereocenters. The second kappa shape index (κ2) is 3.24. The van der Waals surface area contributed by atoms with Gasteiger partial charge in [0.2, 0.25) is 0 Å². The van der Waals surface area contributed by atoms with Crippen LogP contribution < -0.4 is 10.6 Å². The minimum atomic E-state index is 0.643. The second-order valence-electron chi connectivity index (χ2n) is 4.13. The first kappa shape index (κ1) is 8.24. The molecular weight excluding hydrogens is 174 g/mol. The highest BCUT2D eigenvalue weighted by Gasteiger charge is 2.21. The molecule has 2 aliphatic heterocycles. The lowest BCUT2D eigenvalue weighted by Gasteiger charge is -2.28. The summed E-state index contributed by atoms with van der Waals surface area (Å²) < 4.78 is 0. The van der Waals surface area contributed by atoms with E-state index in [1.165, 1.54) is 24.1 Å². The number of nitrogens with zero attached hydrogens (tertiary/aromatic N) is 1. The monoisotopic (exact) mass is 189 g/mol. The largest absolute Gasteiger partial charge is 0.370 e. The van der Waals surface area contributed by atoms with Crippen molar-refractivity contribution in [1.29, 1.82) is 0 Å². The van der Waals surface area contributed by atoms with Crippen LogP contribution in [0, 0.1) is 0 Å². The fourth-order valence-electron chi connectivity index (χ4n) is 2.07. The Balaban J connectivity index is 1.92. The van der Waals surface area contributed by atoms with E-state index in [1.807, 2.05) is 0 Å². The van der Waals surface area contributed by atoms with Crippen LogP contribution in [0.4, 0.5) is 5.82 Å². The third-order valence-electron chi connectivity index (χ3n) is 3.12. The summed E-state index contributed by atoms with van der Waals surface area (Å²) in [7, 11) is 0. The molecule has 0 amide bonds. The van der Waals surface area contributed by atoms with Crippen molar-refractivity contribution in [3.05, 3.63) is 23.4 Å². The lowest BCUT2D eigenvalue weighted by atomic mass is 9.97. The molecule has 3 heterocycles. The molecule has 3 rings (SSSR count). The van der Waals surface area contributed by atoms with Gasteiger partial charge in [-0.1, -0.05) is 6.07 Å². The molecule has 1 fully saturated rings. The Kier molecular flexibility index (Phi) is 1.91. The van der Waals surface area contributed by atoms with E-state index in [2.05, 4.69) is 27.8 Å². The molecule has 3 heteroatoms. The minimum absolute atomic E-state index is 0.643. The predicted octanol–water partition coefficient (Wildman–Crippen LogP) is 1.13. The highest BCUT2D eigenvalue weighted by atomic mass is 15.0. The van der Waals surface area contributed by atoms with Crippen molar-refractivity contribution in [1.82, 2.24) is 10.3 Å². The molecule has 1 aromatic heterocycles. The molecule has 0 radical (unpaired) electrons. The van der Waals surface area contributed by atoms with Crippen molar-refractivity contribution >= 4 is 5.82 Å². The quantitative estimate of drug-likeness (QED) is 0.695. The summed E-state index contributed by atoms with van der Waals surface area (Å²) >= 11 is 0. The number of anilines is 1. The number of fused-ring (bicyclic) bond motifs is 1. The average Bonchev–Trinajstić information content (AvgIpc) is 2.15. The molecule has 0 aliphatic carbocycles. The molecule has 1 aromatic rings. The first-order chi connectivity index (χ1) is 6.93. The molecule has 0 saturated carbocycles. The predicted molar refractivity (Wildman–Crippen MR) is 56.7 cm³/mol. The topological polar surface area (TPSA) is 37.0 Å². The van der Waals surface area contributed by atoms with E-state index in [-0.39, 0.29) is 0 Å². The molecule has 0 unspecified atom stereocenters. The first-order valence-electron chi connectivity index (χ1n) is 5.38. The van der Waals surface area contributed by atoms with Crippen LogP contribution in [0.5, 0.6) is 0 Å². The molecule has 0 bridgehead atoms. The smallest absolute Gasteiger partial charge is 0.129 e. The van der Waals surface area contributed by atoms with Gasteiger partial charge in [0.25, 0.3) is 0 Å². The highest BCUT2D eigenvalue weighted by molar-refractivity contribution is 5.47. The van der Waals surface area contributed by atoms with Crippen molar-refractivity contribution in [2.24, 2.45) is 0 Å². The van der Waals surface area contributed by atoms with Gasteiger partial charge in [-0.25, -0.2) is 4.98 Å². The van der Waals surface area contributed by atoms with Crippen LogP contribution in [0.1, 0.15) is 23.6 Å². The maximum atomic E-state index is 4.68. The van der Waals surface area contributed by atoms with E-state index in [0.717, 1.165) is 25.5 Å². The molecule has 2 aliphatic rings. The van der Waals surface area contributed by atoms with Gasteiger partial charge < -0.3 is 10.6 Å². The summed E-state index contributed by atoms with van der Waals surface area (Å²) in [5.74, 6) is 1.77. The number of hydrogen-bond donors (Lipinski definition) is 2. The summed E-state index contributed by atoms with van der Waals surface area (Å²) in [5, 5.41) is 6.65. The molecule has 74 valence electrons. The Morgan fingerprint density at radius 3 is 3.00 bits per heavy atom. The number of rotatable bonds is 1. The standard InChI is InChI=1S/C11H15N3/c1-2-8-3-4-10(9-6-12-7-9)14-11(8)13-5-1/h3-4,9,12H,1-2,5-7H2,(H,13,14). The zero-order valence-electron chi connectivity index (χ0n) is 8.21. The Bertz CT molecular complexity index is 344. The average molecular weight is 189 g/mol. The number of aryl methyl sites for hydroxylation is 1. The SMILES string of the molecule is c1cc2c(nc1C1CNC1)NCCC2. The van der Waals surface area contributed by atoms with Gasteiger partial charge in [0.05, 0.1) is 0 Å². The third kappa shape index (κ3) is 1.28. The van der Waals surface area contributed by atoms with Crippen molar-refractivity contribution < 1.29 is 0 Å². The van der Waals surface area contributed by atoms with Gasteiger partial charge in [0.1, 0.15) is 5.82 Å². The van der Waals surface area contributed by atoms with Gasteiger partial charge in [-0.15, -0.1) is 0 Å². The van der Waals surface area contributed by atoms with Crippen LogP contribution in [0.3, 0.4) is 0 Å². The van der Waals surface area contributed by atoms with E-state index in [1.54, 1.807) is 0 Å². The number of aromatic nitrogens is 1. The summed E-state index contributed by atoms with van der Waals surface area (Å²) in [6, 6.07) is 4.43. The molecule has 0 aromatic carbocycles. The van der Waals surface area contributed by atoms with E-state index < -0.39 is 0 Å². The van der Waals surface area contributed by atoms with Crippen LogP contribution in [0.25, 0.3) is 0 Å². The van der Waals surface area contributed by atoms with E-state index in [0.29, 0.717) is 5.92 Å². The number of nitrogens with one attached hydrogen (secondary N) is 2. The summed E-state index contributed by atoms with van der Waals surface area (Å²) in [6.07, 6.45) is 2.41. The van der Waals surface area contributed by atoms with Crippen LogP contribution in [-0.2, 0) is 6.42 Å². The zero-order chi connectivity index (χ0) is 9.38. The molecule has 1 saturated heterocycles. The highest BCUT2D eigenvalue weighted by Crippen LogP contribution is 2.24. The van der Waals surface area contributed by atoms with Gasteiger partial charge in [-0.3, -0.25) is 0 Å². The second-order valence-corrected chi connectivity index (χ2v) is 4.13. The summed E-state index contributed by atoms with van der Waals surface area (Å²) in [4.78, 5) is 4.68. The molecule has 2 N–H and O–H groups in total. The lowest BCUT2D eigenvalue weighted by molar-refractivity contribution is 0.440. The molecule has 14 heavy (non-hydrogen) atoms. The van der Waals surface area contributed by atoms with Crippen LogP contribution in [-0.4, -0.2) is 24.6 Å². The Labute approximate surface area is 83.9 Å². The van der Waals surface area contributed by atoms with Gasteiger partial charge in [0.15, 0.2) is 0 Å². The lowest BCUT2D eigenvalue weighted by Crippen LogP contribution is -2.40. The van der Waals surface area contributed by atoms with Gasteiger partial charge in [0, 0.05) is 31.2 Å². The maximum Gasteiger partial charge on any atom is 0.129 e. The number of hydrogen-bond acceptors (Lipinski definition) is 3. The molecule has 3 nitrogen and oxygen atoms in total. The fraction of sp³-hybridized carbons (Fsp3) is 0.545. The van der Waals surface area contributed by atoms with E-state index in [9.17, 15) is 0 Å². The Morgan fingerprint density at radius 1 is 1.29 bits per heavy atom. The van der Waals surface area contributed by atoms with Crippen molar-refractivity contribution in [3.63, 3.8) is 0 Å². The van der Waals surface area contributed by atoms with Gasteiger partial charge in [-0.2, -0.15) is 0 Å². The van der Waals surface area contributed by atoms with Crippen molar-refractivity contribution in [3.8, 4) is 0 Å². The van der Waals surface area contributed by atoms with Gasteiger partial charge in [-0.05, 0) is 24.5 Å². The van der Waals surface area contributed by atoms with Crippen LogP contribution >= 0.6 is 0 Å². The number of pyridine rings is 1. The van der Waals surface area contributed by atoms with E-state index >= 15 is 0 Å². The molecule has 0 spiro atoms. The van der Waals surface area contributed by atoms with E-state index in [4.69, 9.17) is 0 Å². The zero-order valence-corrected chi connectivity index (χ0v) is 8.21. The van der Waals surface area contributed by atoms with Crippen LogP contribution in [0.15, 0.2) is 12.1 Å².